The molecule has 1 saturated heterocycles. The van der Waals surface area contributed by atoms with Gasteiger partial charge in [-0.3, -0.25) is 0 Å². The molecule has 0 unspecified atom stereocenters. The molecule has 1 aliphatic rings. The molecule has 22 heavy (non-hydrogen) atoms. The Morgan fingerprint density at radius 1 is 1.50 bits per heavy atom. The second kappa shape index (κ2) is 7.45. The number of hydrogen-bond donors (Lipinski definition) is 2. The van der Waals surface area contributed by atoms with Crippen LogP contribution in [0, 0.1) is 11.7 Å². The van der Waals surface area contributed by atoms with Crippen LogP contribution in [0.2, 0.25) is 0 Å². The van der Waals surface area contributed by atoms with Gasteiger partial charge in [-0.1, -0.05) is 6.92 Å². The molecule has 122 valence electrons. The molecule has 1 heterocycles. The summed E-state index contributed by atoms with van der Waals surface area (Å²) in [6.45, 7) is 5.13. The molecule has 1 aromatic carbocycles. The van der Waals surface area contributed by atoms with Crippen LogP contribution in [0.15, 0.2) is 24.3 Å². The molecule has 0 bridgehead atoms. The first kappa shape index (κ1) is 16.5. The summed E-state index contributed by atoms with van der Waals surface area (Å²) in [6, 6.07) is 5.37. The monoisotopic (exact) mass is 310 g/mol. The number of benzene rings is 1. The summed E-state index contributed by atoms with van der Waals surface area (Å²) >= 11 is 0. The van der Waals surface area contributed by atoms with Gasteiger partial charge >= 0.3 is 6.03 Å². The lowest BCUT2D eigenvalue weighted by Crippen LogP contribution is -2.52. The van der Waals surface area contributed by atoms with Crippen LogP contribution in [-0.2, 0) is 0 Å². The highest BCUT2D eigenvalue weighted by Crippen LogP contribution is 2.17. The number of piperidine rings is 1. The molecule has 2 rings (SSSR count). The van der Waals surface area contributed by atoms with E-state index in [9.17, 15) is 14.3 Å². The summed E-state index contributed by atoms with van der Waals surface area (Å²) in [4.78, 5) is 13.7. The number of nitrogens with one attached hydrogen (secondary N) is 1. The first-order chi connectivity index (χ1) is 10.5. The maximum absolute atomic E-state index is 12.8. The number of β-amino-alcohol motifs (C(OH)–C–C–N with tert-alkyl or cyclic N) is 1. The quantitative estimate of drug-likeness (QED) is 0.894. The van der Waals surface area contributed by atoms with Gasteiger partial charge in [-0.2, -0.15) is 0 Å². The number of nitrogens with zero attached hydrogens (tertiary/aromatic N) is 1. The van der Waals surface area contributed by atoms with E-state index in [-0.39, 0.29) is 23.8 Å². The summed E-state index contributed by atoms with van der Waals surface area (Å²) in [5.41, 5.74) is 0. The second-order valence-corrected chi connectivity index (χ2v) is 5.89. The molecule has 1 aliphatic heterocycles. The fourth-order valence-electron chi connectivity index (χ4n) is 2.33. The Morgan fingerprint density at radius 2 is 2.18 bits per heavy atom. The van der Waals surface area contributed by atoms with Crippen molar-refractivity contribution < 1.29 is 19.0 Å². The number of carbonyl (C=O) groups excluding carboxylic acids is 1. The zero-order valence-corrected chi connectivity index (χ0v) is 13.0. The number of urea groups is 1. The Kier molecular flexibility index (Phi) is 5.60. The van der Waals surface area contributed by atoms with Gasteiger partial charge in [0.05, 0.1) is 12.1 Å². The van der Waals surface area contributed by atoms with Gasteiger partial charge in [0.25, 0.3) is 0 Å². The van der Waals surface area contributed by atoms with Gasteiger partial charge in [-0.05, 0) is 43.5 Å². The van der Waals surface area contributed by atoms with Crippen LogP contribution in [0.25, 0.3) is 0 Å². The van der Waals surface area contributed by atoms with E-state index in [1.807, 2.05) is 13.8 Å². The van der Waals surface area contributed by atoms with Gasteiger partial charge in [0.1, 0.15) is 18.2 Å². The number of aliphatic hydroxyl groups excluding tert-OH is 1. The number of carbonyl (C=O) groups is 1. The van der Waals surface area contributed by atoms with Crippen LogP contribution in [0.4, 0.5) is 9.18 Å². The van der Waals surface area contributed by atoms with E-state index < -0.39 is 6.10 Å². The van der Waals surface area contributed by atoms with Crippen molar-refractivity contribution in [3.8, 4) is 5.75 Å². The van der Waals surface area contributed by atoms with Gasteiger partial charge in [0, 0.05) is 13.1 Å². The van der Waals surface area contributed by atoms with Crippen molar-refractivity contribution in [2.45, 2.75) is 32.4 Å². The Bertz CT molecular complexity index is 495. The van der Waals surface area contributed by atoms with Crippen molar-refractivity contribution in [2.75, 3.05) is 19.7 Å². The lowest BCUT2D eigenvalue weighted by atomic mass is 9.96. The predicted molar refractivity (Wildman–Crippen MR) is 81.2 cm³/mol. The molecule has 0 aliphatic carbocycles. The van der Waals surface area contributed by atoms with Gasteiger partial charge in [-0.15, -0.1) is 0 Å². The standard InChI is InChI=1S/C16H23FN2O3/c1-11-7-8-19(9-15(11)20)16(21)18-12(2)10-22-14-5-3-13(17)4-6-14/h3-6,11-12,15,20H,7-10H2,1-2H3,(H,18,21)/t11-,12-,15-/m1/s1. The number of hydrogen-bond acceptors (Lipinski definition) is 3. The minimum absolute atomic E-state index is 0.186. The zero-order chi connectivity index (χ0) is 16.1. The fraction of sp³-hybridized carbons (Fsp3) is 0.562. The molecule has 5 nitrogen and oxygen atoms in total. The van der Waals surface area contributed by atoms with Gasteiger partial charge < -0.3 is 20.1 Å². The normalized spacial score (nSPS) is 23.0. The van der Waals surface area contributed by atoms with Crippen molar-refractivity contribution >= 4 is 6.03 Å². The van der Waals surface area contributed by atoms with E-state index in [1.54, 1.807) is 17.0 Å². The molecule has 2 N–H and O–H groups in total. The average Bonchev–Trinajstić information content (AvgIpc) is 2.49. The summed E-state index contributed by atoms with van der Waals surface area (Å²) in [5.74, 6) is 0.472. The Morgan fingerprint density at radius 3 is 2.82 bits per heavy atom. The average molecular weight is 310 g/mol. The van der Waals surface area contributed by atoms with E-state index in [0.29, 0.717) is 25.4 Å². The molecular weight excluding hydrogens is 287 g/mol. The van der Waals surface area contributed by atoms with Crippen LogP contribution in [0.1, 0.15) is 20.3 Å². The molecule has 2 amide bonds. The summed E-state index contributed by atoms with van der Waals surface area (Å²) in [6.07, 6.45) is 0.333. The maximum Gasteiger partial charge on any atom is 0.317 e. The van der Waals surface area contributed by atoms with E-state index in [1.165, 1.54) is 12.1 Å². The van der Waals surface area contributed by atoms with Crippen LogP contribution < -0.4 is 10.1 Å². The maximum atomic E-state index is 12.8. The highest BCUT2D eigenvalue weighted by molar-refractivity contribution is 5.74. The minimum atomic E-state index is -0.467. The number of amides is 2. The smallest absolute Gasteiger partial charge is 0.317 e. The van der Waals surface area contributed by atoms with Crippen molar-refractivity contribution in [1.29, 1.82) is 0 Å². The highest BCUT2D eigenvalue weighted by atomic mass is 19.1. The van der Waals surface area contributed by atoms with E-state index >= 15 is 0 Å². The van der Waals surface area contributed by atoms with Crippen LogP contribution in [0.5, 0.6) is 5.75 Å². The summed E-state index contributed by atoms with van der Waals surface area (Å²) < 4.78 is 18.3. The first-order valence-corrected chi connectivity index (χ1v) is 7.57. The van der Waals surface area contributed by atoms with E-state index in [4.69, 9.17) is 4.74 Å². The molecule has 0 aromatic heterocycles. The van der Waals surface area contributed by atoms with Gasteiger partial charge in [0.2, 0.25) is 0 Å². The first-order valence-electron chi connectivity index (χ1n) is 7.57. The Hall–Kier alpha value is -1.82. The van der Waals surface area contributed by atoms with E-state index in [2.05, 4.69) is 5.32 Å². The third-order valence-corrected chi connectivity index (χ3v) is 3.89. The summed E-state index contributed by atoms with van der Waals surface area (Å²) in [7, 11) is 0. The Balaban J connectivity index is 1.75. The van der Waals surface area contributed by atoms with Crippen molar-refractivity contribution in [1.82, 2.24) is 10.2 Å². The Labute approximate surface area is 130 Å². The van der Waals surface area contributed by atoms with Crippen LogP contribution >= 0.6 is 0 Å². The highest BCUT2D eigenvalue weighted by Gasteiger charge is 2.27. The number of likely N-dealkylation sites (tertiary alicyclic amines) is 1. The van der Waals surface area contributed by atoms with Crippen molar-refractivity contribution in [2.24, 2.45) is 5.92 Å². The van der Waals surface area contributed by atoms with Crippen LogP contribution in [0.3, 0.4) is 0 Å². The predicted octanol–water partition coefficient (Wildman–Crippen LogP) is 2.01. The SMILES string of the molecule is C[C@H](COc1ccc(F)cc1)NC(=O)N1CC[C@@H](C)[C@H](O)C1. The molecular formula is C16H23FN2O3. The third-order valence-electron chi connectivity index (χ3n) is 3.89. The molecule has 1 aromatic rings. The molecule has 6 heteroatoms. The number of rotatable bonds is 4. The topological polar surface area (TPSA) is 61.8 Å². The summed E-state index contributed by atoms with van der Waals surface area (Å²) in [5, 5.41) is 12.7. The number of halogens is 1. The van der Waals surface area contributed by atoms with Crippen LogP contribution in [-0.4, -0.2) is 47.9 Å². The lowest BCUT2D eigenvalue weighted by molar-refractivity contribution is 0.0427. The van der Waals surface area contributed by atoms with Gasteiger partial charge in [0.15, 0.2) is 0 Å². The van der Waals surface area contributed by atoms with Crippen molar-refractivity contribution in [3.05, 3.63) is 30.1 Å². The van der Waals surface area contributed by atoms with E-state index in [0.717, 1.165) is 6.42 Å². The number of ether oxygens (including phenoxy) is 1. The third kappa shape index (κ3) is 4.59. The molecule has 0 spiro atoms. The molecule has 0 radical (unpaired) electrons. The largest absolute Gasteiger partial charge is 0.491 e. The minimum Gasteiger partial charge on any atom is -0.491 e. The lowest BCUT2D eigenvalue weighted by Gasteiger charge is -2.34. The molecule has 3 atom stereocenters. The zero-order valence-electron chi connectivity index (χ0n) is 13.0. The second-order valence-electron chi connectivity index (χ2n) is 5.89. The van der Waals surface area contributed by atoms with Gasteiger partial charge in [-0.25, -0.2) is 9.18 Å². The molecule has 0 saturated carbocycles. The number of aliphatic hydroxyl groups is 1. The van der Waals surface area contributed by atoms with Crippen molar-refractivity contribution in [3.63, 3.8) is 0 Å². The molecule has 1 fully saturated rings. The fourth-order valence-corrected chi connectivity index (χ4v) is 2.33.